The topological polar surface area (TPSA) is 72.2 Å². The molecule has 7 heteroatoms. The van der Waals surface area contributed by atoms with Crippen molar-refractivity contribution in [1.29, 1.82) is 5.26 Å². The molecule has 1 unspecified atom stereocenters. The van der Waals surface area contributed by atoms with Crippen molar-refractivity contribution in [1.82, 2.24) is 4.98 Å². The fraction of sp³-hybridized carbons (Fsp3) is 0.105. The second-order valence-electron chi connectivity index (χ2n) is 5.57. The van der Waals surface area contributed by atoms with E-state index in [1.54, 1.807) is 30.3 Å². The fourth-order valence-electron chi connectivity index (χ4n) is 2.62. The molecular formula is C19H11ClN2O3S. The third-order valence-corrected chi connectivity index (χ3v) is 5.12. The van der Waals surface area contributed by atoms with Crippen LogP contribution in [0.1, 0.15) is 21.3 Å². The van der Waals surface area contributed by atoms with Gasteiger partial charge in [-0.05, 0) is 30.3 Å². The van der Waals surface area contributed by atoms with Crippen molar-refractivity contribution in [3.05, 3.63) is 63.4 Å². The van der Waals surface area contributed by atoms with E-state index in [2.05, 4.69) is 11.1 Å². The first kappa shape index (κ1) is 16.6. The molecule has 1 aliphatic heterocycles. The maximum Gasteiger partial charge on any atom is 0.231 e. The summed E-state index contributed by atoms with van der Waals surface area (Å²) in [5.41, 5.74) is 1.98. The Morgan fingerprint density at radius 3 is 2.73 bits per heavy atom. The average Bonchev–Trinajstić information content (AvgIpc) is 3.31. The summed E-state index contributed by atoms with van der Waals surface area (Å²) in [4.78, 5) is 17.3. The monoisotopic (exact) mass is 382 g/mol. The molecule has 0 amide bonds. The first-order valence-corrected chi connectivity index (χ1v) is 8.96. The zero-order chi connectivity index (χ0) is 18.1. The van der Waals surface area contributed by atoms with Gasteiger partial charge >= 0.3 is 0 Å². The van der Waals surface area contributed by atoms with Gasteiger partial charge in [0, 0.05) is 21.5 Å². The van der Waals surface area contributed by atoms with Crippen molar-refractivity contribution in [3.8, 4) is 28.8 Å². The van der Waals surface area contributed by atoms with Crippen LogP contribution >= 0.6 is 22.9 Å². The van der Waals surface area contributed by atoms with E-state index in [4.69, 9.17) is 21.1 Å². The number of carbonyl (C=O) groups is 1. The molecule has 1 atom stereocenters. The van der Waals surface area contributed by atoms with Crippen LogP contribution in [0.3, 0.4) is 0 Å². The summed E-state index contributed by atoms with van der Waals surface area (Å²) in [7, 11) is 0. The highest BCUT2D eigenvalue weighted by atomic mass is 35.5. The van der Waals surface area contributed by atoms with Crippen molar-refractivity contribution in [2.75, 3.05) is 6.79 Å². The summed E-state index contributed by atoms with van der Waals surface area (Å²) in [5, 5.41) is 12.5. The van der Waals surface area contributed by atoms with Gasteiger partial charge in [-0.15, -0.1) is 11.3 Å². The maximum atomic E-state index is 12.8. The van der Waals surface area contributed by atoms with Crippen LogP contribution in [0.4, 0.5) is 0 Å². The molecule has 1 aromatic heterocycles. The Balaban J connectivity index is 1.62. The Bertz CT molecular complexity index is 1020. The Kier molecular flexibility index (Phi) is 4.33. The van der Waals surface area contributed by atoms with E-state index in [-0.39, 0.29) is 12.6 Å². The number of rotatable bonds is 4. The predicted molar refractivity (Wildman–Crippen MR) is 97.8 cm³/mol. The van der Waals surface area contributed by atoms with E-state index >= 15 is 0 Å². The number of Topliss-reactive ketones (excluding diaryl/α,β-unsaturated/α-hetero) is 1. The molecule has 3 aromatic rings. The molecule has 0 bridgehead atoms. The number of halogens is 1. The summed E-state index contributed by atoms with van der Waals surface area (Å²) < 4.78 is 10.5. The highest BCUT2D eigenvalue weighted by Crippen LogP contribution is 2.35. The molecule has 128 valence electrons. The van der Waals surface area contributed by atoms with Gasteiger partial charge in [0.05, 0.1) is 11.8 Å². The van der Waals surface area contributed by atoms with E-state index in [0.29, 0.717) is 32.8 Å². The van der Waals surface area contributed by atoms with E-state index in [0.717, 1.165) is 5.56 Å². The normalized spacial score (nSPS) is 13.2. The smallest absolute Gasteiger partial charge is 0.231 e. The summed E-state index contributed by atoms with van der Waals surface area (Å²) >= 11 is 7.19. The molecule has 0 saturated carbocycles. The summed E-state index contributed by atoms with van der Waals surface area (Å²) in [5.74, 6) is -0.188. The zero-order valence-electron chi connectivity index (χ0n) is 13.3. The summed E-state index contributed by atoms with van der Waals surface area (Å²) in [6, 6.07) is 14.2. The molecule has 0 radical (unpaired) electrons. The van der Waals surface area contributed by atoms with Gasteiger partial charge in [-0.3, -0.25) is 4.79 Å². The van der Waals surface area contributed by atoms with Crippen molar-refractivity contribution in [3.63, 3.8) is 0 Å². The van der Waals surface area contributed by atoms with Crippen molar-refractivity contribution in [2.24, 2.45) is 0 Å². The molecular weight excluding hydrogens is 372 g/mol. The van der Waals surface area contributed by atoms with Crippen LogP contribution in [0, 0.1) is 11.3 Å². The first-order chi connectivity index (χ1) is 12.7. The summed E-state index contributed by atoms with van der Waals surface area (Å²) in [6.07, 6.45) is 0. The SMILES string of the molecule is N#CC(C(=O)c1ccc2c(c1)OCO2)c1nc(-c2ccc(Cl)cc2)cs1. The highest BCUT2D eigenvalue weighted by Gasteiger charge is 2.27. The molecule has 5 nitrogen and oxygen atoms in total. The lowest BCUT2D eigenvalue weighted by molar-refractivity contribution is 0.0978. The van der Waals surface area contributed by atoms with Crippen molar-refractivity contribution >= 4 is 28.7 Å². The minimum Gasteiger partial charge on any atom is -0.454 e. The predicted octanol–water partition coefficient (Wildman–Crippen LogP) is 4.68. The van der Waals surface area contributed by atoms with Gasteiger partial charge in [0.25, 0.3) is 0 Å². The number of nitriles is 1. The molecule has 2 heterocycles. The van der Waals surface area contributed by atoms with E-state index in [1.807, 2.05) is 17.5 Å². The van der Waals surface area contributed by atoms with Gasteiger partial charge in [0.15, 0.2) is 23.2 Å². The molecule has 2 aromatic carbocycles. The Morgan fingerprint density at radius 1 is 1.19 bits per heavy atom. The molecule has 0 saturated heterocycles. The first-order valence-electron chi connectivity index (χ1n) is 7.70. The second-order valence-corrected chi connectivity index (χ2v) is 6.90. The average molecular weight is 383 g/mol. The van der Waals surface area contributed by atoms with Crippen LogP contribution in [0.25, 0.3) is 11.3 Å². The van der Waals surface area contributed by atoms with Gasteiger partial charge in [-0.1, -0.05) is 23.7 Å². The molecule has 1 aliphatic rings. The quantitative estimate of drug-likeness (QED) is 0.612. The lowest BCUT2D eigenvalue weighted by Crippen LogP contribution is -2.11. The van der Waals surface area contributed by atoms with Gasteiger partial charge in [0.1, 0.15) is 5.01 Å². The number of hydrogen-bond acceptors (Lipinski definition) is 6. The highest BCUT2D eigenvalue weighted by molar-refractivity contribution is 7.10. The maximum absolute atomic E-state index is 12.8. The van der Waals surface area contributed by atoms with Gasteiger partial charge < -0.3 is 9.47 Å². The number of nitrogens with zero attached hydrogens (tertiary/aromatic N) is 2. The molecule has 0 spiro atoms. The number of carbonyl (C=O) groups excluding carboxylic acids is 1. The molecule has 26 heavy (non-hydrogen) atoms. The van der Waals surface area contributed by atoms with Crippen LogP contribution in [0.2, 0.25) is 5.02 Å². The number of aromatic nitrogens is 1. The van der Waals surface area contributed by atoms with Crippen LogP contribution in [-0.2, 0) is 0 Å². The number of ether oxygens (including phenoxy) is 2. The van der Waals surface area contributed by atoms with Crippen LogP contribution < -0.4 is 9.47 Å². The summed E-state index contributed by atoms with van der Waals surface area (Å²) in [6.45, 7) is 0.131. The lowest BCUT2D eigenvalue weighted by Gasteiger charge is -2.06. The number of thiazole rings is 1. The largest absolute Gasteiger partial charge is 0.454 e. The fourth-order valence-corrected chi connectivity index (χ4v) is 3.61. The second kappa shape index (κ2) is 6.79. The van der Waals surface area contributed by atoms with Gasteiger partial charge in [0.2, 0.25) is 6.79 Å². The Morgan fingerprint density at radius 2 is 1.96 bits per heavy atom. The zero-order valence-corrected chi connectivity index (χ0v) is 14.9. The molecule has 0 N–H and O–H groups in total. The molecule has 0 aliphatic carbocycles. The van der Waals surface area contributed by atoms with Crippen LogP contribution in [0.5, 0.6) is 11.5 Å². The van der Waals surface area contributed by atoms with Crippen molar-refractivity contribution in [2.45, 2.75) is 5.92 Å². The number of hydrogen-bond donors (Lipinski definition) is 0. The third-order valence-electron chi connectivity index (χ3n) is 3.96. The van der Waals surface area contributed by atoms with E-state index in [9.17, 15) is 10.1 Å². The van der Waals surface area contributed by atoms with Gasteiger partial charge in [-0.25, -0.2) is 4.98 Å². The minimum atomic E-state index is -0.971. The minimum absolute atomic E-state index is 0.131. The molecule has 0 fully saturated rings. The number of fused-ring (bicyclic) bond motifs is 1. The van der Waals surface area contributed by atoms with E-state index < -0.39 is 5.92 Å². The Labute approximate surface area is 158 Å². The van der Waals surface area contributed by atoms with Crippen LogP contribution in [-0.4, -0.2) is 17.6 Å². The Hall–Kier alpha value is -2.88. The molecule has 4 rings (SSSR count). The van der Waals surface area contributed by atoms with E-state index in [1.165, 1.54) is 11.3 Å². The lowest BCUT2D eigenvalue weighted by atomic mass is 9.99. The van der Waals surface area contributed by atoms with Crippen LogP contribution in [0.15, 0.2) is 47.8 Å². The number of ketones is 1. The number of benzene rings is 2. The standard InChI is InChI=1S/C19H11ClN2O3S/c20-13-4-1-11(2-5-13)15-9-26-19(22-15)14(8-21)18(23)12-3-6-16-17(7-12)25-10-24-16/h1-7,9,14H,10H2. The third kappa shape index (κ3) is 3.03. The van der Waals surface area contributed by atoms with Crippen molar-refractivity contribution < 1.29 is 14.3 Å². The van der Waals surface area contributed by atoms with Gasteiger partial charge in [-0.2, -0.15) is 5.26 Å².